The van der Waals surface area contributed by atoms with Crippen molar-refractivity contribution in [2.75, 3.05) is 33.4 Å². The number of esters is 1. The van der Waals surface area contributed by atoms with Crippen LogP contribution in [-0.2, 0) is 14.3 Å². The minimum atomic E-state index is -0.406. The van der Waals surface area contributed by atoms with Crippen LogP contribution in [0.25, 0.3) is 0 Å². The quantitative estimate of drug-likeness (QED) is 0.391. The molecule has 1 heterocycles. The molecule has 1 unspecified atom stereocenters. The van der Waals surface area contributed by atoms with Gasteiger partial charge >= 0.3 is 5.97 Å². The Labute approximate surface area is 141 Å². The van der Waals surface area contributed by atoms with Crippen molar-refractivity contribution in [1.29, 1.82) is 0 Å². The predicted octanol–water partition coefficient (Wildman–Crippen LogP) is 2.41. The third-order valence-corrected chi connectivity index (χ3v) is 3.50. The van der Waals surface area contributed by atoms with Gasteiger partial charge in [-0.1, -0.05) is 18.5 Å². The molecule has 23 heavy (non-hydrogen) atoms. The number of aromatic nitrogens is 1. The van der Waals surface area contributed by atoms with Gasteiger partial charge in [-0.15, -0.1) is 0 Å². The summed E-state index contributed by atoms with van der Waals surface area (Å²) in [5.41, 5.74) is 0.433. The SMILES string of the molecule is CCOCCCN(CC(C)C(=O)OC)C(=O)c1ccc(Cl)nc1. The molecule has 0 aliphatic rings. The zero-order valence-electron chi connectivity index (χ0n) is 13.8. The molecule has 0 aliphatic heterocycles. The van der Waals surface area contributed by atoms with E-state index in [9.17, 15) is 9.59 Å². The number of amides is 1. The number of pyridine rings is 1. The van der Waals surface area contributed by atoms with E-state index in [1.165, 1.54) is 13.3 Å². The number of hydrogen-bond donors (Lipinski definition) is 0. The first-order valence-corrected chi connectivity index (χ1v) is 7.93. The van der Waals surface area contributed by atoms with Gasteiger partial charge in [0.05, 0.1) is 18.6 Å². The van der Waals surface area contributed by atoms with Crippen LogP contribution in [0.15, 0.2) is 18.3 Å². The number of carbonyl (C=O) groups is 2. The molecule has 0 aromatic carbocycles. The first-order valence-electron chi connectivity index (χ1n) is 7.56. The van der Waals surface area contributed by atoms with E-state index >= 15 is 0 Å². The normalized spacial score (nSPS) is 11.8. The van der Waals surface area contributed by atoms with Gasteiger partial charge < -0.3 is 14.4 Å². The molecule has 1 aromatic rings. The van der Waals surface area contributed by atoms with Gasteiger partial charge in [0.15, 0.2) is 0 Å². The highest BCUT2D eigenvalue weighted by Crippen LogP contribution is 2.11. The molecule has 0 saturated heterocycles. The summed E-state index contributed by atoms with van der Waals surface area (Å²) in [4.78, 5) is 29.8. The smallest absolute Gasteiger partial charge is 0.310 e. The summed E-state index contributed by atoms with van der Waals surface area (Å²) in [6, 6.07) is 3.19. The van der Waals surface area contributed by atoms with Gasteiger partial charge in [0.25, 0.3) is 5.91 Å². The highest BCUT2D eigenvalue weighted by molar-refractivity contribution is 6.29. The Kier molecular flexibility index (Phi) is 8.58. The molecule has 0 spiro atoms. The monoisotopic (exact) mass is 342 g/mol. The van der Waals surface area contributed by atoms with Crippen molar-refractivity contribution < 1.29 is 19.1 Å². The number of hydrogen-bond acceptors (Lipinski definition) is 5. The fourth-order valence-corrected chi connectivity index (χ4v) is 2.18. The number of ether oxygens (including phenoxy) is 2. The summed E-state index contributed by atoms with van der Waals surface area (Å²) in [6.45, 7) is 5.61. The zero-order chi connectivity index (χ0) is 17.2. The fraction of sp³-hybridized carbons (Fsp3) is 0.562. The van der Waals surface area contributed by atoms with Crippen molar-refractivity contribution in [2.45, 2.75) is 20.3 Å². The average Bonchev–Trinajstić information content (AvgIpc) is 2.56. The second-order valence-electron chi connectivity index (χ2n) is 5.10. The summed E-state index contributed by atoms with van der Waals surface area (Å²) in [5.74, 6) is -0.945. The molecule has 0 saturated carbocycles. The van der Waals surface area contributed by atoms with Gasteiger partial charge in [0, 0.05) is 32.5 Å². The number of carbonyl (C=O) groups excluding carboxylic acids is 2. The Bertz CT molecular complexity index is 507. The molecule has 6 nitrogen and oxygen atoms in total. The standard InChI is InChI=1S/C16H23ClN2O4/c1-4-23-9-5-8-19(11-12(2)16(21)22-3)15(20)13-6-7-14(17)18-10-13/h6-7,10,12H,4-5,8-9,11H2,1-3H3. The van der Waals surface area contributed by atoms with E-state index in [0.29, 0.717) is 36.9 Å². The maximum Gasteiger partial charge on any atom is 0.310 e. The molecule has 0 bridgehead atoms. The van der Waals surface area contributed by atoms with Crippen LogP contribution in [0.5, 0.6) is 0 Å². The van der Waals surface area contributed by atoms with Crippen LogP contribution >= 0.6 is 11.6 Å². The van der Waals surface area contributed by atoms with Crippen molar-refractivity contribution >= 4 is 23.5 Å². The van der Waals surface area contributed by atoms with Crippen molar-refractivity contribution in [1.82, 2.24) is 9.88 Å². The van der Waals surface area contributed by atoms with Crippen LogP contribution in [0.4, 0.5) is 0 Å². The minimum absolute atomic E-state index is 0.193. The lowest BCUT2D eigenvalue weighted by Crippen LogP contribution is -2.38. The second kappa shape index (κ2) is 10.2. The largest absolute Gasteiger partial charge is 0.469 e. The van der Waals surface area contributed by atoms with Crippen LogP contribution in [-0.4, -0.2) is 55.2 Å². The second-order valence-corrected chi connectivity index (χ2v) is 5.48. The molecule has 0 fully saturated rings. The third kappa shape index (κ3) is 6.54. The van der Waals surface area contributed by atoms with Crippen molar-refractivity contribution in [3.8, 4) is 0 Å². The Hall–Kier alpha value is -1.66. The number of halogens is 1. The van der Waals surface area contributed by atoms with Crippen molar-refractivity contribution in [3.63, 3.8) is 0 Å². The van der Waals surface area contributed by atoms with Crippen molar-refractivity contribution in [3.05, 3.63) is 29.0 Å². The van der Waals surface area contributed by atoms with Gasteiger partial charge in [-0.2, -0.15) is 0 Å². The first kappa shape index (κ1) is 19.4. The Balaban J connectivity index is 2.77. The van der Waals surface area contributed by atoms with E-state index in [0.717, 1.165) is 0 Å². The first-order chi connectivity index (χ1) is 11.0. The summed E-state index contributed by atoms with van der Waals surface area (Å²) in [7, 11) is 1.34. The van der Waals surface area contributed by atoms with Crippen LogP contribution in [0.1, 0.15) is 30.6 Å². The van der Waals surface area contributed by atoms with Gasteiger partial charge in [0.1, 0.15) is 5.15 Å². The zero-order valence-corrected chi connectivity index (χ0v) is 14.5. The molecule has 128 valence electrons. The lowest BCUT2D eigenvalue weighted by atomic mass is 10.1. The average molecular weight is 343 g/mol. The third-order valence-electron chi connectivity index (χ3n) is 3.28. The van der Waals surface area contributed by atoms with E-state index in [1.807, 2.05) is 6.92 Å². The fourth-order valence-electron chi connectivity index (χ4n) is 2.07. The molecular formula is C16H23ClN2O4. The molecule has 1 amide bonds. The Morgan fingerprint density at radius 1 is 1.39 bits per heavy atom. The highest BCUT2D eigenvalue weighted by Gasteiger charge is 2.22. The van der Waals surface area contributed by atoms with E-state index < -0.39 is 5.92 Å². The van der Waals surface area contributed by atoms with Gasteiger partial charge in [-0.05, 0) is 25.5 Å². The molecule has 0 aliphatic carbocycles. The molecule has 1 aromatic heterocycles. The summed E-state index contributed by atoms with van der Waals surface area (Å²) >= 11 is 5.75. The lowest BCUT2D eigenvalue weighted by Gasteiger charge is -2.25. The van der Waals surface area contributed by atoms with Crippen LogP contribution in [0.2, 0.25) is 5.15 Å². The van der Waals surface area contributed by atoms with Crippen LogP contribution in [0, 0.1) is 5.92 Å². The minimum Gasteiger partial charge on any atom is -0.469 e. The molecule has 1 atom stereocenters. The maximum atomic E-state index is 12.6. The molecular weight excluding hydrogens is 320 g/mol. The van der Waals surface area contributed by atoms with E-state index in [1.54, 1.807) is 24.0 Å². The summed E-state index contributed by atoms with van der Waals surface area (Å²) in [5, 5.41) is 0.326. The molecule has 7 heteroatoms. The van der Waals surface area contributed by atoms with Gasteiger partial charge in [0.2, 0.25) is 0 Å². The Morgan fingerprint density at radius 3 is 2.70 bits per heavy atom. The van der Waals surface area contributed by atoms with Crippen LogP contribution in [0.3, 0.4) is 0 Å². The number of rotatable bonds is 9. The van der Waals surface area contributed by atoms with E-state index in [4.69, 9.17) is 21.1 Å². The lowest BCUT2D eigenvalue weighted by molar-refractivity contribution is -0.145. The maximum absolute atomic E-state index is 12.6. The van der Waals surface area contributed by atoms with E-state index in [2.05, 4.69) is 4.98 Å². The molecule has 0 N–H and O–H groups in total. The molecule has 0 radical (unpaired) electrons. The predicted molar refractivity (Wildman–Crippen MR) is 87.4 cm³/mol. The highest BCUT2D eigenvalue weighted by atomic mass is 35.5. The Morgan fingerprint density at radius 2 is 2.13 bits per heavy atom. The summed E-state index contributed by atoms with van der Waals surface area (Å²) < 4.78 is 10.0. The van der Waals surface area contributed by atoms with Crippen LogP contribution < -0.4 is 0 Å². The summed E-state index contributed by atoms with van der Waals surface area (Å²) in [6.07, 6.45) is 2.12. The van der Waals surface area contributed by atoms with E-state index in [-0.39, 0.29) is 18.4 Å². The topological polar surface area (TPSA) is 68.7 Å². The molecule has 1 rings (SSSR count). The van der Waals surface area contributed by atoms with Gasteiger partial charge in [-0.25, -0.2) is 4.98 Å². The van der Waals surface area contributed by atoms with Gasteiger partial charge in [-0.3, -0.25) is 9.59 Å². The number of nitrogens with zero attached hydrogens (tertiary/aromatic N) is 2. The number of methoxy groups -OCH3 is 1. The van der Waals surface area contributed by atoms with Crippen molar-refractivity contribution in [2.24, 2.45) is 5.92 Å².